The Morgan fingerprint density at radius 2 is 2.32 bits per heavy atom. The lowest BCUT2D eigenvalue weighted by atomic mass is 10.2. The Morgan fingerprint density at radius 1 is 1.45 bits per heavy atom. The summed E-state index contributed by atoms with van der Waals surface area (Å²) < 4.78 is 1.46. The summed E-state index contributed by atoms with van der Waals surface area (Å²) in [6.45, 7) is 0.138. The molecule has 3 aromatic heterocycles. The van der Waals surface area contributed by atoms with Crippen molar-refractivity contribution < 1.29 is 9.90 Å². The molecule has 0 aromatic carbocycles. The zero-order valence-electron chi connectivity index (χ0n) is 11.8. The smallest absolute Gasteiger partial charge is 0.273 e. The van der Waals surface area contributed by atoms with Gasteiger partial charge in [-0.1, -0.05) is 5.21 Å². The van der Waals surface area contributed by atoms with Gasteiger partial charge in [-0.15, -0.1) is 16.4 Å². The predicted molar refractivity (Wildman–Crippen MR) is 85.9 cm³/mol. The van der Waals surface area contributed by atoms with Crippen LogP contribution in [0.3, 0.4) is 0 Å². The van der Waals surface area contributed by atoms with Crippen molar-refractivity contribution in [3.8, 4) is 10.4 Å². The molecule has 3 heterocycles. The molecule has 8 heteroatoms. The predicted octanol–water partition coefficient (Wildman–Crippen LogP) is 2.07. The zero-order chi connectivity index (χ0) is 15.5. The Bertz CT molecular complexity index is 764. The molecule has 0 aliphatic heterocycles. The number of hydrogen-bond acceptors (Lipinski definition) is 6. The Kier molecular flexibility index (Phi) is 4.32. The second-order valence-electron chi connectivity index (χ2n) is 4.72. The standard InChI is InChI=1S/C14H14N4O2S2/c1-18-7-10(16-17-18)14(20)15-6-11(19)13-3-2-12(22-13)9-4-5-21-8-9/h2-5,7-8,11,19H,6H2,1H3,(H,15,20). The van der Waals surface area contributed by atoms with Crippen LogP contribution in [-0.4, -0.2) is 32.6 Å². The van der Waals surface area contributed by atoms with Crippen LogP contribution in [0.1, 0.15) is 21.5 Å². The minimum Gasteiger partial charge on any atom is -0.386 e. The Balaban J connectivity index is 1.60. The Morgan fingerprint density at radius 3 is 3.00 bits per heavy atom. The summed E-state index contributed by atoms with van der Waals surface area (Å²) >= 11 is 3.16. The molecule has 0 aliphatic rings. The van der Waals surface area contributed by atoms with E-state index in [1.54, 1.807) is 18.4 Å². The number of aliphatic hydroxyl groups is 1. The molecule has 3 aromatic rings. The Hall–Kier alpha value is -2.03. The van der Waals surface area contributed by atoms with Crippen LogP contribution in [0.5, 0.6) is 0 Å². The largest absolute Gasteiger partial charge is 0.386 e. The van der Waals surface area contributed by atoms with Gasteiger partial charge >= 0.3 is 0 Å². The van der Waals surface area contributed by atoms with E-state index in [2.05, 4.69) is 21.0 Å². The first-order valence-corrected chi connectivity index (χ1v) is 8.34. The van der Waals surface area contributed by atoms with Crippen molar-refractivity contribution in [2.45, 2.75) is 6.10 Å². The molecule has 0 aliphatic carbocycles. The summed E-state index contributed by atoms with van der Waals surface area (Å²) in [6.07, 6.45) is 0.791. The summed E-state index contributed by atoms with van der Waals surface area (Å²) in [5.74, 6) is -0.346. The number of nitrogens with one attached hydrogen (secondary N) is 1. The molecule has 0 bridgehead atoms. The third kappa shape index (κ3) is 3.24. The number of aliphatic hydroxyl groups excluding tert-OH is 1. The first-order valence-electron chi connectivity index (χ1n) is 6.58. The minimum absolute atomic E-state index is 0.138. The number of carbonyl (C=O) groups is 1. The van der Waals surface area contributed by atoms with Gasteiger partial charge in [0.15, 0.2) is 5.69 Å². The van der Waals surface area contributed by atoms with Crippen LogP contribution in [0.2, 0.25) is 0 Å². The summed E-state index contributed by atoms with van der Waals surface area (Å²) in [7, 11) is 1.69. The van der Waals surface area contributed by atoms with Crippen LogP contribution in [-0.2, 0) is 7.05 Å². The molecule has 0 radical (unpaired) electrons. The van der Waals surface area contributed by atoms with E-state index in [0.717, 1.165) is 15.3 Å². The van der Waals surface area contributed by atoms with E-state index in [9.17, 15) is 9.90 Å². The molecule has 0 fully saturated rings. The average Bonchev–Trinajstić information content (AvgIpc) is 3.23. The summed E-state index contributed by atoms with van der Waals surface area (Å²) in [4.78, 5) is 13.8. The van der Waals surface area contributed by atoms with Gasteiger partial charge in [-0.05, 0) is 29.0 Å². The molecule has 114 valence electrons. The van der Waals surface area contributed by atoms with Gasteiger partial charge in [-0.2, -0.15) is 11.3 Å². The molecule has 3 rings (SSSR count). The van der Waals surface area contributed by atoms with Crippen LogP contribution in [0.25, 0.3) is 10.4 Å². The van der Waals surface area contributed by atoms with Crippen LogP contribution in [0.15, 0.2) is 35.2 Å². The maximum absolute atomic E-state index is 11.9. The quantitative estimate of drug-likeness (QED) is 0.748. The normalized spacial score (nSPS) is 12.3. The highest BCUT2D eigenvalue weighted by atomic mass is 32.1. The van der Waals surface area contributed by atoms with Gasteiger partial charge in [-0.25, -0.2) is 0 Å². The van der Waals surface area contributed by atoms with Crippen molar-refractivity contribution in [2.24, 2.45) is 7.05 Å². The van der Waals surface area contributed by atoms with Crippen molar-refractivity contribution >= 4 is 28.6 Å². The third-order valence-corrected chi connectivity index (χ3v) is 4.97. The number of thiophene rings is 2. The van der Waals surface area contributed by atoms with Crippen molar-refractivity contribution in [1.82, 2.24) is 20.3 Å². The van der Waals surface area contributed by atoms with E-state index in [1.165, 1.54) is 22.2 Å². The second kappa shape index (κ2) is 6.39. The van der Waals surface area contributed by atoms with Crippen LogP contribution in [0, 0.1) is 0 Å². The first-order chi connectivity index (χ1) is 10.6. The van der Waals surface area contributed by atoms with Gasteiger partial charge in [0.2, 0.25) is 0 Å². The van der Waals surface area contributed by atoms with Crippen LogP contribution < -0.4 is 5.32 Å². The highest BCUT2D eigenvalue weighted by Crippen LogP contribution is 2.32. The average molecular weight is 334 g/mol. The number of rotatable bonds is 5. The lowest BCUT2D eigenvalue weighted by molar-refractivity contribution is 0.0913. The number of amides is 1. The van der Waals surface area contributed by atoms with Gasteiger partial charge < -0.3 is 10.4 Å². The Labute approximate surface area is 135 Å². The van der Waals surface area contributed by atoms with E-state index >= 15 is 0 Å². The molecule has 0 saturated carbocycles. The topological polar surface area (TPSA) is 80.0 Å². The van der Waals surface area contributed by atoms with E-state index in [1.807, 2.05) is 23.6 Å². The number of hydrogen-bond donors (Lipinski definition) is 2. The van der Waals surface area contributed by atoms with E-state index in [4.69, 9.17) is 0 Å². The van der Waals surface area contributed by atoms with Crippen LogP contribution >= 0.6 is 22.7 Å². The lowest BCUT2D eigenvalue weighted by Crippen LogP contribution is -2.28. The maximum Gasteiger partial charge on any atom is 0.273 e. The molecule has 2 N–H and O–H groups in total. The van der Waals surface area contributed by atoms with Crippen molar-refractivity contribution in [2.75, 3.05) is 6.54 Å². The number of aromatic nitrogens is 3. The zero-order valence-corrected chi connectivity index (χ0v) is 13.4. The number of nitrogens with zero attached hydrogens (tertiary/aromatic N) is 3. The third-order valence-electron chi connectivity index (χ3n) is 3.05. The fourth-order valence-corrected chi connectivity index (χ4v) is 3.64. The molecule has 1 atom stereocenters. The van der Waals surface area contributed by atoms with Crippen molar-refractivity contribution in [3.05, 3.63) is 45.7 Å². The molecular weight excluding hydrogens is 320 g/mol. The van der Waals surface area contributed by atoms with E-state index in [0.29, 0.717) is 0 Å². The number of carbonyl (C=O) groups excluding carboxylic acids is 1. The van der Waals surface area contributed by atoms with Crippen molar-refractivity contribution in [1.29, 1.82) is 0 Å². The fraction of sp³-hybridized carbons (Fsp3) is 0.214. The molecule has 6 nitrogen and oxygen atoms in total. The van der Waals surface area contributed by atoms with E-state index < -0.39 is 6.10 Å². The van der Waals surface area contributed by atoms with Gasteiger partial charge in [-0.3, -0.25) is 9.48 Å². The second-order valence-corrected chi connectivity index (χ2v) is 6.61. The van der Waals surface area contributed by atoms with Gasteiger partial charge in [0.25, 0.3) is 5.91 Å². The monoisotopic (exact) mass is 334 g/mol. The molecule has 0 saturated heterocycles. The molecule has 22 heavy (non-hydrogen) atoms. The SMILES string of the molecule is Cn1cc(C(=O)NCC(O)c2ccc(-c3ccsc3)s2)nn1. The highest BCUT2D eigenvalue weighted by Gasteiger charge is 2.15. The maximum atomic E-state index is 11.9. The minimum atomic E-state index is -0.738. The molecule has 1 amide bonds. The van der Waals surface area contributed by atoms with Crippen molar-refractivity contribution in [3.63, 3.8) is 0 Å². The van der Waals surface area contributed by atoms with Gasteiger partial charge in [0.05, 0.1) is 6.20 Å². The van der Waals surface area contributed by atoms with Crippen LogP contribution in [0.4, 0.5) is 0 Å². The molecular formula is C14H14N4O2S2. The summed E-state index contributed by atoms with van der Waals surface area (Å²) in [5, 5.41) is 24.4. The summed E-state index contributed by atoms with van der Waals surface area (Å²) in [6, 6.07) is 5.91. The van der Waals surface area contributed by atoms with E-state index in [-0.39, 0.29) is 18.1 Å². The number of aryl methyl sites for hydroxylation is 1. The fourth-order valence-electron chi connectivity index (χ4n) is 1.92. The first kappa shape index (κ1) is 14.9. The summed E-state index contributed by atoms with van der Waals surface area (Å²) in [5.41, 5.74) is 1.39. The molecule has 0 spiro atoms. The highest BCUT2D eigenvalue weighted by molar-refractivity contribution is 7.16. The molecule has 1 unspecified atom stereocenters. The lowest BCUT2D eigenvalue weighted by Gasteiger charge is -2.09. The van der Waals surface area contributed by atoms with Gasteiger partial charge in [0.1, 0.15) is 6.10 Å². The van der Waals surface area contributed by atoms with Gasteiger partial charge in [0, 0.05) is 28.9 Å².